The fraction of sp³-hybridized carbons (Fsp3) is 0.516. The second-order valence-corrected chi connectivity index (χ2v) is 12.7. The highest BCUT2D eigenvalue weighted by Gasteiger charge is 2.44. The molecule has 1 aliphatic carbocycles. The zero-order chi connectivity index (χ0) is 33.2. The van der Waals surface area contributed by atoms with Crippen LogP contribution in [-0.2, 0) is 24.8 Å². The normalized spacial score (nSPS) is 20.1. The van der Waals surface area contributed by atoms with Crippen molar-refractivity contribution in [1.29, 1.82) is 0 Å². The molecule has 5 rings (SSSR count). The van der Waals surface area contributed by atoms with Gasteiger partial charge in [-0.25, -0.2) is 9.67 Å². The highest BCUT2D eigenvalue weighted by Crippen LogP contribution is 2.33. The number of aliphatic imine (C=N–C) groups is 1. The summed E-state index contributed by atoms with van der Waals surface area (Å²) in [6, 6.07) is 2.16. The van der Waals surface area contributed by atoms with E-state index in [4.69, 9.17) is 5.73 Å². The van der Waals surface area contributed by atoms with E-state index in [2.05, 4.69) is 30.8 Å². The van der Waals surface area contributed by atoms with Crippen LogP contribution in [0.3, 0.4) is 0 Å². The van der Waals surface area contributed by atoms with Crippen molar-refractivity contribution in [3.8, 4) is 0 Å². The predicted octanol–water partition coefficient (Wildman–Crippen LogP) is 1.33. The van der Waals surface area contributed by atoms with E-state index in [-0.39, 0.29) is 36.6 Å². The third kappa shape index (κ3) is 6.88. The summed E-state index contributed by atoms with van der Waals surface area (Å²) in [6.07, 6.45) is 8.11. The quantitative estimate of drug-likeness (QED) is 0.187. The lowest BCUT2D eigenvalue weighted by Crippen LogP contribution is -2.52. The SMILES string of the molecule is CC(NC(=O)[C@@H]1C[C@H](n2nncc2C(C)(C)O)CN1C(=O)C(CC1CCCCC1)=NC(=O)c1cccc2[nH]ncc12)C(=O)C(N)=O. The number of hydrogen-bond donors (Lipinski definition) is 4. The van der Waals surface area contributed by atoms with Crippen LogP contribution in [0.5, 0.6) is 0 Å². The van der Waals surface area contributed by atoms with Crippen LogP contribution in [0.2, 0.25) is 0 Å². The molecule has 1 aromatic carbocycles. The molecule has 0 radical (unpaired) electrons. The van der Waals surface area contributed by atoms with Crippen LogP contribution in [0.4, 0.5) is 0 Å². The Bertz CT molecular complexity index is 1680. The van der Waals surface area contributed by atoms with Gasteiger partial charge in [0.25, 0.3) is 17.7 Å². The third-order valence-corrected chi connectivity index (χ3v) is 8.79. The van der Waals surface area contributed by atoms with Crippen LogP contribution in [0.15, 0.2) is 35.6 Å². The fourth-order valence-corrected chi connectivity index (χ4v) is 6.35. The second-order valence-electron chi connectivity index (χ2n) is 12.7. The topological polar surface area (TPSA) is 219 Å². The Morgan fingerprint density at radius 1 is 1.15 bits per heavy atom. The lowest BCUT2D eigenvalue weighted by atomic mass is 9.85. The number of carbonyl (C=O) groups is 5. The van der Waals surface area contributed by atoms with Crippen LogP contribution in [0.25, 0.3) is 10.9 Å². The Hall–Kier alpha value is -4.79. The lowest BCUT2D eigenvalue weighted by molar-refractivity contribution is -0.139. The molecule has 15 heteroatoms. The third-order valence-electron chi connectivity index (χ3n) is 8.79. The molecule has 15 nitrogen and oxygen atoms in total. The Labute approximate surface area is 265 Å². The van der Waals surface area contributed by atoms with Gasteiger partial charge in [-0.05, 0) is 45.2 Å². The molecule has 4 amide bonds. The predicted molar refractivity (Wildman–Crippen MR) is 165 cm³/mol. The van der Waals surface area contributed by atoms with E-state index in [1.807, 2.05) is 0 Å². The number of H-pyrrole nitrogens is 1. The van der Waals surface area contributed by atoms with Gasteiger partial charge >= 0.3 is 0 Å². The van der Waals surface area contributed by atoms with Crippen molar-refractivity contribution < 1.29 is 29.1 Å². The molecular formula is C31H39N9O6. The summed E-state index contributed by atoms with van der Waals surface area (Å²) in [5.41, 5.74) is 5.15. The van der Waals surface area contributed by atoms with Crippen LogP contribution in [0.1, 0.15) is 87.8 Å². The van der Waals surface area contributed by atoms with Gasteiger partial charge < -0.3 is 21.1 Å². The minimum absolute atomic E-state index is 0.0172. The van der Waals surface area contributed by atoms with E-state index < -0.39 is 53.1 Å². The number of fused-ring (bicyclic) bond motifs is 1. The number of aliphatic hydroxyl groups is 1. The van der Waals surface area contributed by atoms with E-state index in [0.29, 0.717) is 16.6 Å². The molecule has 244 valence electrons. The summed E-state index contributed by atoms with van der Waals surface area (Å²) in [5, 5.41) is 28.7. The number of amides is 4. The van der Waals surface area contributed by atoms with E-state index in [9.17, 15) is 29.1 Å². The van der Waals surface area contributed by atoms with E-state index in [1.54, 1.807) is 32.0 Å². The summed E-state index contributed by atoms with van der Waals surface area (Å²) in [5.74, 6) is -3.95. The largest absolute Gasteiger partial charge is 0.384 e. The number of nitrogens with one attached hydrogen (secondary N) is 2. The molecule has 2 aromatic heterocycles. The van der Waals surface area contributed by atoms with Gasteiger partial charge in [0.1, 0.15) is 17.4 Å². The maximum atomic E-state index is 14.4. The maximum absolute atomic E-state index is 14.4. The van der Waals surface area contributed by atoms with Gasteiger partial charge in [0.15, 0.2) is 0 Å². The number of nitrogens with two attached hydrogens (primary N) is 1. The Kier molecular flexibility index (Phi) is 9.42. The van der Waals surface area contributed by atoms with Gasteiger partial charge in [-0.2, -0.15) is 5.10 Å². The molecule has 5 N–H and O–H groups in total. The number of aromatic amines is 1. The summed E-state index contributed by atoms with van der Waals surface area (Å²) < 4.78 is 1.48. The van der Waals surface area contributed by atoms with E-state index >= 15 is 0 Å². The number of rotatable bonds is 10. The average molecular weight is 634 g/mol. The van der Waals surface area contributed by atoms with Crippen molar-refractivity contribution in [3.05, 3.63) is 41.9 Å². The molecule has 46 heavy (non-hydrogen) atoms. The second kappa shape index (κ2) is 13.3. The molecule has 1 unspecified atom stereocenters. The summed E-state index contributed by atoms with van der Waals surface area (Å²) in [7, 11) is 0. The molecule has 3 atom stereocenters. The fourth-order valence-electron chi connectivity index (χ4n) is 6.35. The van der Waals surface area contributed by atoms with E-state index in [1.165, 1.54) is 28.9 Å². The van der Waals surface area contributed by atoms with Gasteiger partial charge in [0, 0.05) is 18.4 Å². The van der Waals surface area contributed by atoms with E-state index in [0.717, 1.165) is 32.1 Å². The summed E-state index contributed by atoms with van der Waals surface area (Å²) in [6.45, 7) is 4.46. The van der Waals surface area contributed by atoms with Crippen LogP contribution >= 0.6 is 0 Å². The Morgan fingerprint density at radius 2 is 1.89 bits per heavy atom. The molecule has 1 saturated heterocycles. The molecule has 0 bridgehead atoms. The van der Waals surface area contributed by atoms with Crippen LogP contribution in [0, 0.1) is 5.92 Å². The molecule has 2 fully saturated rings. The maximum Gasteiger partial charge on any atom is 0.287 e. The monoisotopic (exact) mass is 633 g/mol. The van der Waals surface area contributed by atoms with Gasteiger partial charge in [0.2, 0.25) is 11.7 Å². The number of primary amides is 1. The van der Waals surface area contributed by atoms with Crippen molar-refractivity contribution >= 4 is 46.0 Å². The number of Topliss-reactive ketones (excluding diaryl/α,β-unsaturated/α-hetero) is 1. The van der Waals surface area contributed by atoms with Gasteiger partial charge in [0.05, 0.1) is 41.3 Å². The smallest absolute Gasteiger partial charge is 0.287 e. The lowest BCUT2D eigenvalue weighted by Gasteiger charge is -2.27. The van der Waals surface area contributed by atoms with Crippen LogP contribution in [-0.4, -0.2) is 88.9 Å². The van der Waals surface area contributed by atoms with Crippen LogP contribution < -0.4 is 11.1 Å². The van der Waals surface area contributed by atoms with Crippen molar-refractivity contribution in [1.82, 2.24) is 35.4 Å². The Balaban J connectivity index is 1.51. The molecular weight excluding hydrogens is 594 g/mol. The standard InChI is InChI=1S/C31H39N9O6/c1-17(26(41)27(32)42)35-29(44)24-13-19(40-25(15-34-38-40)31(2,3)46)16-39(24)30(45)23(12-18-8-5-4-6-9-18)36-28(43)20-10-7-11-22-21(20)14-33-37-22/h7,10-11,14-15,17-19,24,46H,4-6,8-9,12-13,16H2,1-3H3,(H2,32,42)(H,33,37)(H,35,44)/t17?,19-,24-/m0/s1. The van der Waals surface area contributed by atoms with Crippen molar-refractivity contribution in [2.75, 3.05) is 6.54 Å². The Morgan fingerprint density at radius 3 is 2.59 bits per heavy atom. The van der Waals surface area contributed by atoms with Crippen molar-refractivity contribution in [2.24, 2.45) is 16.6 Å². The van der Waals surface area contributed by atoms with Crippen molar-refractivity contribution in [3.63, 3.8) is 0 Å². The number of carbonyl (C=O) groups excluding carboxylic acids is 5. The minimum atomic E-state index is -1.32. The zero-order valence-corrected chi connectivity index (χ0v) is 26.1. The summed E-state index contributed by atoms with van der Waals surface area (Å²) >= 11 is 0. The molecule has 1 saturated carbocycles. The van der Waals surface area contributed by atoms with Gasteiger partial charge in [-0.1, -0.05) is 43.4 Å². The molecule has 3 heterocycles. The molecule has 1 aliphatic heterocycles. The van der Waals surface area contributed by atoms with Gasteiger partial charge in [-0.15, -0.1) is 5.10 Å². The number of hydrogen-bond acceptors (Lipinski definition) is 9. The number of benzene rings is 1. The first-order valence-corrected chi connectivity index (χ1v) is 15.5. The summed E-state index contributed by atoms with van der Waals surface area (Å²) in [4.78, 5) is 71.1. The first-order valence-electron chi connectivity index (χ1n) is 15.5. The zero-order valence-electron chi connectivity index (χ0n) is 26.1. The molecule has 2 aliphatic rings. The first-order chi connectivity index (χ1) is 21.8. The number of likely N-dealkylation sites (tertiary alicyclic amines) is 1. The number of ketones is 1. The minimum Gasteiger partial charge on any atom is -0.384 e. The van der Waals surface area contributed by atoms with Crippen molar-refractivity contribution in [2.45, 2.75) is 89.4 Å². The number of nitrogens with zero attached hydrogens (tertiary/aromatic N) is 6. The first kappa shape index (κ1) is 32.6. The highest BCUT2D eigenvalue weighted by molar-refractivity contribution is 6.41. The highest BCUT2D eigenvalue weighted by atomic mass is 16.3. The molecule has 3 aromatic rings. The molecule has 0 spiro atoms. The average Bonchev–Trinajstić information content (AvgIpc) is 3.79. The number of aromatic nitrogens is 5. The van der Waals surface area contributed by atoms with Gasteiger partial charge in [-0.3, -0.25) is 29.1 Å².